The number of halogens is 2. The van der Waals surface area contributed by atoms with Crippen LogP contribution in [-0.2, 0) is 6.54 Å². The first kappa shape index (κ1) is 12.1. The lowest BCUT2D eigenvalue weighted by Crippen LogP contribution is -2.28. The lowest BCUT2D eigenvalue weighted by molar-refractivity contribution is 0.0797. The molecule has 3 rings (SSSR count). The first-order valence-corrected chi connectivity index (χ1v) is 6.00. The van der Waals surface area contributed by atoms with E-state index in [-0.39, 0.29) is 6.54 Å². The third-order valence-electron chi connectivity index (χ3n) is 3.84. The van der Waals surface area contributed by atoms with E-state index in [4.69, 9.17) is 5.53 Å². The highest BCUT2D eigenvalue weighted by atomic mass is 19.3. The summed E-state index contributed by atoms with van der Waals surface area (Å²) < 4.78 is 26.2. The number of hydrogen-bond acceptors (Lipinski definition) is 4. The van der Waals surface area contributed by atoms with Gasteiger partial charge in [0.1, 0.15) is 5.82 Å². The molecule has 1 aromatic rings. The summed E-state index contributed by atoms with van der Waals surface area (Å²) in [6.07, 6.45) is 1.55. The fourth-order valence-electron chi connectivity index (χ4n) is 2.60. The minimum atomic E-state index is -2.49. The molecule has 0 radical (unpaired) electrons. The van der Waals surface area contributed by atoms with Crippen molar-refractivity contribution in [1.82, 2.24) is 9.97 Å². The Hall–Kier alpha value is -1.95. The lowest BCUT2D eigenvalue weighted by Gasteiger charge is -2.21. The Bertz CT molecular complexity index is 554. The van der Waals surface area contributed by atoms with Gasteiger partial charge in [-0.1, -0.05) is 5.11 Å². The second kappa shape index (κ2) is 4.03. The molecule has 0 aromatic carbocycles. The van der Waals surface area contributed by atoms with Gasteiger partial charge in [0, 0.05) is 18.0 Å². The summed E-state index contributed by atoms with van der Waals surface area (Å²) in [4.78, 5) is 13.0. The van der Waals surface area contributed by atoms with Crippen molar-refractivity contribution in [2.45, 2.75) is 19.4 Å². The molecule has 1 saturated carbocycles. The fraction of sp³-hybridized carbons (Fsp3) is 0.636. The minimum Gasteiger partial charge on any atom is -0.354 e. The van der Waals surface area contributed by atoms with Gasteiger partial charge in [0.2, 0.25) is 0 Å². The zero-order valence-electron chi connectivity index (χ0n) is 10.3. The fourth-order valence-corrected chi connectivity index (χ4v) is 2.60. The van der Waals surface area contributed by atoms with Crippen LogP contribution in [0.25, 0.3) is 10.4 Å². The highest BCUT2D eigenvalue weighted by molar-refractivity contribution is 5.42. The van der Waals surface area contributed by atoms with Crippen molar-refractivity contribution in [3.8, 4) is 0 Å². The van der Waals surface area contributed by atoms with Crippen LogP contribution in [0.3, 0.4) is 0 Å². The van der Waals surface area contributed by atoms with Crippen molar-refractivity contribution < 1.29 is 8.78 Å². The summed E-state index contributed by atoms with van der Waals surface area (Å²) >= 11 is 0. The average Bonchev–Trinajstić information content (AvgIpc) is 2.79. The number of azide groups is 1. The summed E-state index contributed by atoms with van der Waals surface area (Å²) in [5.74, 6) is -2.93. The van der Waals surface area contributed by atoms with Crippen molar-refractivity contribution in [3.63, 3.8) is 0 Å². The zero-order valence-corrected chi connectivity index (χ0v) is 10.3. The predicted octanol–water partition coefficient (Wildman–Crippen LogP) is 2.30. The lowest BCUT2D eigenvalue weighted by atomic mass is 10.3. The van der Waals surface area contributed by atoms with E-state index in [1.807, 2.05) is 4.90 Å². The highest BCUT2D eigenvalue weighted by Crippen LogP contribution is 2.59. The molecule has 2 heterocycles. The molecule has 0 amide bonds. The van der Waals surface area contributed by atoms with Gasteiger partial charge in [0.25, 0.3) is 5.92 Å². The number of nitrogens with zero attached hydrogens (tertiary/aromatic N) is 6. The monoisotopic (exact) mass is 266 g/mol. The van der Waals surface area contributed by atoms with E-state index in [9.17, 15) is 8.78 Å². The van der Waals surface area contributed by atoms with Crippen molar-refractivity contribution in [2.24, 2.45) is 17.0 Å². The average molecular weight is 266 g/mol. The van der Waals surface area contributed by atoms with E-state index in [1.54, 1.807) is 13.1 Å². The summed E-state index contributed by atoms with van der Waals surface area (Å²) in [7, 11) is 0. The Morgan fingerprint density at radius 2 is 2.21 bits per heavy atom. The molecule has 8 heteroatoms. The maximum atomic E-state index is 13.1. The maximum Gasteiger partial charge on any atom is 0.258 e. The van der Waals surface area contributed by atoms with Gasteiger partial charge >= 0.3 is 0 Å². The van der Waals surface area contributed by atoms with Crippen molar-refractivity contribution in [2.75, 3.05) is 18.0 Å². The molecular weight excluding hydrogens is 254 g/mol. The molecule has 2 unspecified atom stereocenters. The van der Waals surface area contributed by atoms with Gasteiger partial charge in [-0.25, -0.2) is 13.8 Å². The van der Waals surface area contributed by atoms with Gasteiger partial charge < -0.3 is 4.90 Å². The number of fused-ring (bicyclic) bond motifs is 1. The Balaban J connectivity index is 1.74. The maximum absolute atomic E-state index is 13.1. The van der Waals surface area contributed by atoms with Crippen molar-refractivity contribution in [1.29, 1.82) is 0 Å². The van der Waals surface area contributed by atoms with Crippen LogP contribution in [0, 0.1) is 18.8 Å². The van der Waals surface area contributed by atoms with Crippen LogP contribution in [-0.4, -0.2) is 29.0 Å². The molecular formula is C11H12F2N6. The standard InChI is InChI=1S/C11H12F2N6/c1-6-9(2-16-18-14)15-3-10(17-6)19-4-7-8(5-19)11(7,12)13/h3,7-8H,2,4-5H2,1H3. The van der Waals surface area contributed by atoms with E-state index in [0.29, 0.717) is 30.3 Å². The van der Waals surface area contributed by atoms with Gasteiger partial charge in [0.15, 0.2) is 0 Å². The van der Waals surface area contributed by atoms with E-state index in [0.717, 1.165) is 0 Å². The largest absolute Gasteiger partial charge is 0.354 e. The second-order valence-corrected chi connectivity index (χ2v) is 4.94. The van der Waals surface area contributed by atoms with Gasteiger partial charge in [0.05, 0.1) is 36.0 Å². The molecule has 0 N–H and O–H groups in total. The topological polar surface area (TPSA) is 77.8 Å². The minimum absolute atomic E-state index is 0.152. The molecule has 2 fully saturated rings. The molecule has 19 heavy (non-hydrogen) atoms. The van der Waals surface area contributed by atoms with Gasteiger partial charge in [-0.15, -0.1) is 0 Å². The number of aryl methyl sites for hydroxylation is 1. The number of alkyl halides is 2. The molecule has 2 aliphatic rings. The molecule has 0 spiro atoms. The van der Waals surface area contributed by atoms with Gasteiger partial charge in [-0.2, -0.15) is 0 Å². The first-order valence-electron chi connectivity index (χ1n) is 6.00. The van der Waals surface area contributed by atoms with Gasteiger partial charge in [-0.05, 0) is 12.5 Å². The van der Waals surface area contributed by atoms with E-state index < -0.39 is 17.8 Å². The Morgan fingerprint density at radius 3 is 2.79 bits per heavy atom. The number of rotatable bonds is 3. The van der Waals surface area contributed by atoms with E-state index in [2.05, 4.69) is 20.0 Å². The summed E-state index contributed by atoms with van der Waals surface area (Å²) in [6, 6.07) is 0. The third kappa shape index (κ3) is 1.88. The van der Waals surface area contributed by atoms with Crippen LogP contribution >= 0.6 is 0 Å². The number of anilines is 1. The first-order chi connectivity index (χ1) is 9.04. The second-order valence-electron chi connectivity index (χ2n) is 4.94. The zero-order chi connectivity index (χ0) is 13.6. The van der Waals surface area contributed by atoms with E-state index in [1.165, 1.54) is 0 Å². The van der Waals surface area contributed by atoms with Gasteiger partial charge in [-0.3, -0.25) is 4.98 Å². The number of piperidine rings is 1. The van der Waals surface area contributed by atoms with Crippen molar-refractivity contribution in [3.05, 3.63) is 28.0 Å². The molecule has 1 aromatic heterocycles. The van der Waals surface area contributed by atoms with Crippen molar-refractivity contribution >= 4 is 5.82 Å². The van der Waals surface area contributed by atoms with Crippen LogP contribution in [0.4, 0.5) is 14.6 Å². The molecule has 1 saturated heterocycles. The molecule has 0 bridgehead atoms. The Kier molecular flexibility index (Phi) is 2.56. The van der Waals surface area contributed by atoms with Crippen LogP contribution < -0.4 is 4.90 Å². The highest BCUT2D eigenvalue weighted by Gasteiger charge is 2.71. The molecule has 6 nitrogen and oxygen atoms in total. The molecule has 100 valence electrons. The Morgan fingerprint density at radius 1 is 1.53 bits per heavy atom. The van der Waals surface area contributed by atoms with Crippen LogP contribution in [0.1, 0.15) is 11.4 Å². The number of aromatic nitrogens is 2. The molecule has 1 aliphatic carbocycles. The normalized spacial score (nSPS) is 26.8. The summed E-state index contributed by atoms with van der Waals surface area (Å²) in [5, 5.41) is 3.43. The summed E-state index contributed by atoms with van der Waals surface area (Å²) in [6.45, 7) is 2.59. The van der Waals surface area contributed by atoms with Crippen LogP contribution in [0.2, 0.25) is 0 Å². The quantitative estimate of drug-likeness (QED) is 0.478. The third-order valence-corrected chi connectivity index (χ3v) is 3.84. The Labute approximate surface area is 108 Å². The van der Waals surface area contributed by atoms with Crippen LogP contribution in [0.5, 0.6) is 0 Å². The summed E-state index contributed by atoms with van der Waals surface area (Å²) in [5.41, 5.74) is 9.53. The molecule has 2 atom stereocenters. The smallest absolute Gasteiger partial charge is 0.258 e. The van der Waals surface area contributed by atoms with E-state index >= 15 is 0 Å². The predicted molar refractivity (Wildman–Crippen MR) is 63.8 cm³/mol. The molecule has 1 aliphatic heterocycles. The number of hydrogen-bond donors (Lipinski definition) is 0. The SMILES string of the molecule is Cc1nc(N2CC3C(C2)C3(F)F)cnc1CN=[N+]=[N-]. The van der Waals surface area contributed by atoms with Crippen LogP contribution in [0.15, 0.2) is 11.3 Å².